The van der Waals surface area contributed by atoms with Gasteiger partial charge >= 0.3 is 5.69 Å². The van der Waals surface area contributed by atoms with E-state index in [-0.39, 0.29) is 22.2 Å². The van der Waals surface area contributed by atoms with Gasteiger partial charge in [-0.1, -0.05) is 48.9 Å². The summed E-state index contributed by atoms with van der Waals surface area (Å²) in [5.74, 6) is -0.612. The minimum absolute atomic E-state index is 0.0646. The summed E-state index contributed by atoms with van der Waals surface area (Å²) in [6.07, 6.45) is 2.30. The van der Waals surface area contributed by atoms with Crippen LogP contribution in [0.2, 0.25) is 5.02 Å². The molecule has 9 heteroatoms. The lowest BCUT2D eigenvalue weighted by Crippen LogP contribution is -2.30. The summed E-state index contributed by atoms with van der Waals surface area (Å²) in [6.45, 7) is 2.17. The number of hydrogen-bond donors (Lipinski definition) is 3. The summed E-state index contributed by atoms with van der Waals surface area (Å²) in [5.41, 5.74) is -0.181. The fourth-order valence-corrected chi connectivity index (χ4v) is 3.88. The van der Waals surface area contributed by atoms with E-state index < -0.39 is 17.1 Å². The Hall–Kier alpha value is -3.91. The molecule has 1 aliphatic rings. The van der Waals surface area contributed by atoms with Crippen molar-refractivity contribution in [2.75, 3.05) is 6.54 Å². The Bertz CT molecular complexity index is 1520. The van der Waals surface area contributed by atoms with Crippen LogP contribution in [0.15, 0.2) is 68.8 Å². The molecule has 0 fully saturated rings. The number of hydrogen-bond acceptors (Lipinski definition) is 5. The predicted octanol–water partition coefficient (Wildman–Crippen LogP) is 1.63. The second kappa shape index (κ2) is 9.30. The molecule has 3 N–H and O–H groups in total. The zero-order valence-electron chi connectivity index (χ0n) is 17.8. The van der Waals surface area contributed by atoms with Crippen LogP contribution in [0.4, 0.5) is 0 Å². The molecule has 8 nitrogen and oxygen atoms in total. The highest BCUT2D eigenvalue weighted by Gasteiger charge is 2.19. The van der Waals surface area contributed by atoms with Gasteiger partial charge in [0.05, 0.1) is 21.8 Å². The molecule has 0 radical (unpaired) electrons. The number of halogens is 1. The van der Waals surface area contributed by atoms with Crippen LogP contribution in [0.5, 0.6) is 5.88 Å². The van der Waals surface area contributed by atoms with E-state index in [1.54, 1.807) is 31.2 Å². The second-order valence-electron chi connectivity index (χ2n) is 7.37. The molecule has 2 heterocycles. The van der Waals surface area contributed by atoms with Crippen LogP contribution in [0.3, 0.4) is 0 Å². The van der Waals surface area contributed by atoms with Crippen molar-refractivity contribution in [1.29, 1.82) is 0 Å². The normalized spacial score (nSPS) is 13.6. The lowest BCUT2D eigenvalue weighted by molar-refractivity contribution is -0.120. The third-order valence-corrected chi connectivity index (χ3v) is 5.61. The van der Waals surface area contributed by atoms with Gasteiger partial charge in [0.25, 0.3) is 5.56 Å². The van der Waals surface area contributed by atoms with Gasteiger partial charge in [0.2, 0.25) is 11.8 Å². The molecule has 0 spiro atoms. The van der Waals surface area contributed by atoms with Gasteiger partial charge in [0.1, 0.15) is 5.56 Å². The first kappa shape index (κ1) is 22.3. The van der Waals surface area contributed by atoms with Crippen molar-refractivity contribution in [3.05, 3.63) is 96.2 Å². The molecule has 2 aromatic carbocycles. The maximum atomic E-state index is 12.6. The van der Waals surface area contributed by atoms with Crippen LogP contribution in [-0.2, 0) is 4.79 Å². The number of nitrogens with zero attached hydrogens (tertiary/aromatic N) is 2. The van der Waals surface area contributed by atoms with Crippen LogP contribution in [0.25, 0.3) is 17.3 Å². The van der Waals surface area contributed by atoms with E-state index in [0.717, 1.165) is 20.7 Å². The Labute approximate surface area is 193 Å². The summed E-state index contributed by atoms with van der Waals surface area (Å²) in [4.78, 5) is 43.6. The van der Waals surface area contributed by atoms with Crippen LogP contribution in [0, 0.1) is 0 Å². The van der Waals surface area contributed by atoms with E-state index in [4.69, 9.17) is 11.6 Å². The first-order valence-corrected chi connectivity index (χ1v) is 10.8. The van der Waals surface area contributed by atoms with E-state index >= 15 is 0 Å². The molecule has 1 aliphatic heterocycles. The monoisotopic (exact) mass is 464 g/mol. The highest BCUT2D eigenvalue weighted by molar-refractivity contribution is 6.32. The average molecular weight is 465 g/mol. The lowest BCUT2D eigenvalue weighted by atomic mass is 10.1. The average Bonchev–Trinajstić information content (AvgIpc) is 3.15. The zero-order valence-corrected chi connectivity index (χ0v) is 18.5. The molecular weight excluding hydrogens is 444 g/mol. The predicted molar refractivity (Wildman–Crippen MR) is 126 cm³/mol. The lowest BCUT2D eigenvalue weighted by Gasteiger charge is -2.12. The zero-order chi connectivity index (χ0) is 23.5. The first-order chi connectivity index (χ1) is 15.9. The summed E-state index contributed by atoms with van der Waals surface area (Å²) >= 11 is 6.21. The van der Waals surface area contributed by atoms with Gasteiger partial charge in [-0.3, -0.25) is 14.6 Å². The number of aromatic nitrogens is 2. The fraction of sp³-hybridized carbons (Fsp3) is 0.167. The maximum absolute atomic E-state index is 12.6. The van der Waals surface area contributed by atoms with Crippen molar-refractivity contribution in [3.8, 4) is 11.6 Å². The second-order valence-corrected chi connectivity index (χ2v) is 7.78. The number of allylic oxidation sites excluding steroid dienone is 1. The highest BCUT2D eigenvalue weighted by Crippen LogP contribution is 2.26. The quantitative estimate of drug-likeness (QED) is 0.514. The van der Waals surface area contributed by atoms with Crippen LogP contribution in [-0.4, -0.2) is 27.1 Å². The van der Waals surface area contributed by atoms with Crippen molar-refractivity contribution < 1.29 is 9.90 Å². The first-order valence-electron chi connectivity index (χ1n) is 10.4. The van der Waals surface area contributed by atoms with Gasteiger partial charge in [-0.25, -0.2) is 14.4 Å². The Morgan fingerprint density at radius 2 is 1.91 bits per heavy atom. The van der Waals surface area contributed by atoms with Crippen molar-refractivity contribution >= 4 is 29.2 Å². The topological polar surface area (TPSA) is 117 Å². The summed E-state index contributed by atoms with van der Waals surface area (Å²) in [5, 5.41) is 15.6. The number of nitrogens with one attached hydrogen (secondary N) is 2. The van der Waals surface area contributed by atoms with E-state index in [9.17, 15) is 19.5 Å². The van der Waals surface area contributed by atoms with Gasteiger partial charge in [0.15, 0.2) is 0 Å². The number of aromatic amines is 1. The number of para-hydroxylation sites is 2. The van der Waals surface area contributed by atoms with Crippen LogP contribution >= 0.6 is 11.6 Å². The van der Waals surface area contributed by atoms with Crippen molar-refractivity contribution in [1.82, 2.24) is 14.9 Å². The number of carbonyl (C=O) groups is 1. The van der Waals surface area contributed by atoms with Gasteiger partial charge < -0.3 is 10.4 Å². The Kier molecular flexibility index (Phi) is 6.28. The number of fused-ring (bicyclic) bond motifs is 1. The molecule has 0 bridgehead atoms. The summed E-state index contributed by atoms with van der Waals surface area (Å²) in [6, 6.07) is 14.0. The van der Waals surface area contributed by atoms with Crippen LogP contribution < -0.4 is 27.1 Å². The SMILES string of the molecule is CCC(=O)NCCC1=c2ccccc2=NC1=Cc1c(O)n(-c2ccccc2Cl)c(=O)[nH]c1=O. The van der Waals surface area contributed by atoms with Gasteiger partial charge in [-0.15, -0.1) is 0 Å². The third kappa shape index (κ3) is 4.38. The largest absolute Gasteiger partial charge is 0.494 e. The van der Waals surface area contributed by atoms with E-state index in [1.165, 1.54) is 6.08 Å². The highest BCUT2D eigenvalue weighted by atomic mass is 35.5. The Morgan fingerprint density at radius 1 is 1.18 bits per heavy atom. The van der Waals surface area contributed by atoms with E-state index in [0.29, 0.717) is 25.1 Å². The molecule has 0 aliphatic carbocycles. The summed E-state index contributed by atoms with van der Waals surface area (Å²) in [7, 11) is 0. The standard InChI is InChI=1S/C24H21ClN4O4/c1-2-21(30)26-12-11-15-14-7-3-5-9-18(14)27-19(15)13-16-22(31)28-24(33)29(23(16)32)20-10-6-4-8-17(20)25/h3-10,13,32H,2,11-12H2,1H3,(H,26,30)(H,28,31,33). The van der Waals surface area contributed by atoms with Crippen molar-refractivity contribution in [3.63, 3.8) is 0 Å². The number of benzene rings is 2. The molecule has 0 atom stereocenters. The molecular formula is C24H21ClN4O4. The Balaban J connectivity index is 1.85. The van der Waals surface area contributed by atoms with Crippen molar-refractivity contribution in [2.24, 2.45) is 4.99 Å². The molecule has 168 valence electrons. The maximum Gasteiger partial charge on any atom is 0.335 e. The van der Waals surface area contributed by atoms with E-state index in [1.807, 2.05) is 24.3 Å². The smallest absolute Gasteiger partial charge is 0.335 e. The van der Waals surface area contributed by atoms with Gasteiger partial charge in [0, 0.05) is 18.2 Å². The number of aromatic hydroxyl groups is 1. The van der Waals surface area contributed by atoms with Crippen molar-refractivity contribution in [2.45, 2.75) is 19.8 Å². The molecule has 4 rings (SSSR count). The molecule has 0 saturated carbocycles. The summed E-state index contributed by atoms with van der Waals surface area (Å²) < 4.78 is 0.944. The van der Waals surface area contributed by atoms with Gasteiger partial charge in [-0.05, 0) is 36.3 Å². The third-order valence-electron chi connectivity index (χ3n) is 5.29. The molecule has 0 saturated heterocycles. The minimum Gasteiger partial charge on any atom is -0.494 e. The van der Waals surface area contributed by atoms with Crippen LogP contribution in [0.1, 0.15) is 25.3 Å². The number of H-pyrrole nitrogens is 1. The molecule has 1 aromatic heterocycles. The minimum atomic E-state index is -0.814. The number of amides is 1. The molecule has 1 amide bonds. The number of rotatable bonds is 6. The Morgan fingerprint density at radius 3 is 2.67 bits per heavy atom. The fourth-order valence-electron chi connectivity index (χ4n) is 3.66. The van der Waals surface area contributed by atoms with Gasteiger partial charge in [-0.2, -0.15) is 0 Å². The molecule has 0 unspecified atom stereocenters. The molecule has 33 heavy (non-hydrogen) atoms. The van der Waals surface area contributed by atoms with E-state index in [2.05, 4.69) is 15.3 Å². The number of carbonyl (C=O) groups excluding carboxylic acids is 1. The molecule has 3 aromatic rings.